The van der Waals surface area contributed by atoms with E-state index in [0.717, 1.165) is 16.7 Å². The third-order valence-electron chi connectivity index (χ3n) is 8.18. The topological polar surface area (TPSA) is 187 Å². The Morgan fingerprint density at radius 2 is 1.45 bits per heavy atom. The van der Waals surface area contributed by atoms with Gasteiger partial charge < -0.3 is 24.1 Å². The summed E-state index contributed by atoms with van der Waals surface area (Å²) in [6.45, 7) is -0.468. The number of nitriles is 2. The van der Waals surface area contributed by atoms with E-state index in [1.165, 1.54) is 16.8 Å². The standard InChI is InChI=1S/C36H38N5O9P/c1-45-29-14-10-27(11-15-29)36(26-8-4-3-5-9-26,28-12-16-30(46-2)17-13-28)47-25-32-31(42)24-34(50-32)41-21-18-33(39-35(41)43)40-51(44,48-22-6-19-37)49-23-7-20-38/h3-5,8-18,21,31-32,34,42H,6-7,22-25H2,1-2H3,(H,39,40,43,44)/t31-,32+,34+/m0/s1. The molecule has 3 aromatic carbocycles. The Labute approximate surface area is 295 Å². The van der Waals surface area contributed by atoms with E-state index in [9.17, 15) is 14.5 Å². The summed E-state index contributed by atoms with van der Waals surface area (Å²) in [7, 11) is -0.864. The summed E-state index contributed by atoms with van der Waals surface area (Å²) < 4.78 is 48.8. The summed E-state index contributed by atoms with van der Waals surface area (Å²) in [5.41, 5.74) is 0.536. The summed E-state index contributed by atoms with van der Waals surface area (Å²) in [5.74, 6) is 1.24. The van der Waals surface area contributed by atoms with Crippen molar-refractivity contribution in [3.05, 3.63) is 118 Å². The number of nitrogens with zero attached hydrogens (tertiary/aromatic N) is 4. The van der Waals surface area contributed by atoms with Crippen LogP contribution in [0.25, 0.3) is 0 Å². The van der Waals surface area contributed by atoms with Gasteiger partial charge in [0.2, 0.25) is 0 Å². The van der Waals surface area contributed by atoms with Crippen molar-refractivity contribution in [3.8, 4) is 23.6 Å². The van der Waals surface area contributed by atoms with Crippen molar-refractivity contribution in [1.29, 1.82) is 10.5 Å². The maximum atomic E-state index is 13.2. The van der Waals surface area contributed by atoms with Gasteiger partial charge in [0.05, 0.1) is 65.1 Å². The first-order valence-electron chi connectivity index (χ1n) is 16.1. The van der Waals surface area contributed by atoms with Gasteiger partial charge in [0.15, 0.2) is 0 Å². The van der Waals surface area contributed by atoms with Crippen LogP contribution in [0.1, 0.15) is 42.2 Å². The fourth-order valence-electron chi connectivity index (χ4n) is 5.68. The molecule has 0 amide bonds. The van der Waals surface area contributed by atoms with E-state index >= 15 is 0 Å². The molecule has 0 aliphatic carbocycles. The molecule has 15 heteroatoms. The number of anilines is 1. The molecule has 4 aromatic rings. The molecule has 1 aliphatic heterocycles. The van der Waals surface area contributed by atoms with E-state index in [1.54, 1.807) is 14.2 Å². The van der Waals surface area contributed by atoms with Crippen molar-refractivity contribution in [2.24, 2.45) is 0 Å². The summed E-state index contributed by atoms with van der Waals surface area (Å²) >= 11 is 0. The van der Waals surface area contributed by atoms with Gasteiger partial charge in [-0.1, -0.05) is 54.6 Å². The molecule has 1 fully saturated rings. The smallest absolute Gasteiger partial charge is 0.433 e. The number of aromatic nitrogens is 2. The minimum atomic E-state index is -4.06. The fourth-order valence-corrected chi connectivity index (χ4v) is 6.95. The van der Waals surface area contributed by atoms with Crippen LogP contribution in [0, 0.1) is 22.7 Å². The van der Waals surface area contributed by atoms with Crippen LogP contribution in [-0.2, 0) is 28.7 Å². The van der Waals surface area contributed by atoms with Crippen LogP contribution in [0.2, 0.25) is 0 Å². The quantitative estimate of drug-likeness (QED) is 0.0816. The molecule has 1 aromatic heterocycles. The third-order valence-corrected chi connectivity index (χ3v) is 9.73. The molecule has 14 nitrogen and oxygen atoms in total. The van der Waals surface area contributed by atoms with Crippen LogP contribution in [0.15, 0.2) is 95.9 Å². The number of methoxy groups -OCH3 is 2. The van der Waals surface area contributed by atoms with E-state index < -0.39 is 37.5 Å². The average Bonchev–Trinajstić information content (AvgIpc) is 3.52. The van der Waals surface area contributed by atoms with Gasteiger partial charge in [-0.2, -0.15) is 15.5 Å². The van der Waals surface area contributed by atoms with Crippen LogP contribution in [0.5, 0.6) is 11.5 Å². The van der Waals surface area contributed by atoms with E-state index in [2.05, 4.69) is 10.1 Å². The van der Waals surface area contributed by atoms with Gasteiger partial charge in [0, 0.05) is 12.6 Å². The molecule has 1 saturated heterocycles. The highest BCUT2D eigenvalue weighted by Gasteiger charge is 2.42. The van der Waals surface area contributed by atoms with Gasteiger partial charge in [-0.05, 0) is 47.0 Å². The Bertz CT molecular complexity index is 1860. The zero-order valence-corrected chi connectivity index (χ0v) is 29.0. The molecule has 0 spiro atoms. The van der Waals surface area contributed by atoms with E-state index in [0.29, 0.717) is 11.5 Å². The van der Waals surface area contributed by atoms with Gasteiger partial charge in [0.1, 0.15) is 35.2 Å². The largest absolute Gasteiger partial charge is 0.497 e. The average molecular weight is 716 g/mol. The molecular weight excluding hydrogens is 677 g/mol. The van der Waals surface area contributed by atoms with Crippen LogP contribution < -0.4 is 20.3 Å². The number of nitrogens with one attached hydrogen (secondary N) is 1. The number of benzene rings is 3. The predicted octanol–water partition coefficient (Wildman–Crippen LogP) is 5.30. The molecule has 1 aliphatic rings. The van der Waals surface area contributed by atoms with Crippen LogP contribution in [-0.4, -0.2) is 60.9 Å². The minimum absolute atomic E-state index is 0.0544. The van der Waals surface area contributed by atoms with Crippen molar-refractivity contribution in [2.45, 2.75) is 43.3 Å². The zero-order chi connectivity index (χ0) is 36.3. The molecule has 266 valence electrons. The van der Waals surface area contributed by atoms with E-state index in [-0.39, 0.29) is 44.9 Å². The van der Waals surface area contributed by atoms with Gasteiger partial charge in [0.25, 0.3) is 0 Å². The highest BCUT2D eigenvalue weighted by molar-refractivity contribution is 7.55. The molecule has 2 heterocycles. The second-order valence-corrected chi connectivity index (χ2v) is 13.1. The Balaban J connectivity index is 1.39. The van der Waals surface area contributed by atoms with Crippen molar-refractivity contribution in [3.63, 3.8) is 0 Å². The number of rotatable bonds is 17. The first kappa shape index (κ1) is 37.2. The molecule has 0 unspecified atom stereocenters. The number of hydrogen-bond acceptors (Lipinski definition) is 12. The maximum Gasteiger partial charge on any atom is 0.433 e. The Morgan fingerprint density at radius 1 is 0.902 bits per heavy atom. The predicted molar refractivity (Wildman–Crippen MR) is 185 cm³/mol. The van der Waals surface area contributed by atoms with E-state index in [1.807, 2.05) is 91.0 Å². The summed E-state index contributed by atoms with van der Waals surface area (Å²) in [6.07, 6.45) is -1.37. The van der Waals surface area contributed by atoms with Gasteiger partial charge in [-0.25, -0.2) is 9.36 Å². The Hall–Kier alpha value is -5.05. The number of ether oxygens (including phenoxy) is 4. The lowest BCUT2D eigenvalue weighted by molar-refractivity contribution is -0.0944. The van der Waals surface area contributed by atoms with Gasteiger partial charge in [-0.3, -0.25) is 18.7 Å². The summed E-state index contributed by atoms with van der Waals surface area (Å²) in [5, 5.41) is 31.3. The lowest BCUT2D eigenvalue weighted by Gasteiger charge is -2.37. The molecule has 51 heavy (non-hydrogen) atoms. The van der Waals surface area contributed by atoms with Gasteiger partial charge in [-0.15, -0.1) is 0 Å². The molecular formula is C36H38N5O9P. The Morgan fingerprint density at radius 3 is 1.96 bits per heavy atom. The van der Waals surface area contributed by atoms with Crippen molar-refractivity contribution >= 4 is 13.6 Å². The van der Waals surface area contributed by atoms with Crippen molar-refractivity contribution < 1.29 is 37.7 Å². The highest BCUT2D eigenvalue weighted by Crippen LogP contribution is 2.48. The number of hydrogen-bond donors (Lipinski definition) is 2. The lowest BCUT2D eigenvalue weighted by Crippen LogP contribution is -2.38. The normalized spacial score (nSPS) is 17.3. The molecule has 0 bridgehead atoms. The van der Waals surface area contributed by atoms with Gasteiger partial charge >= 0.3 is 13.4 Å². The first-order valence-corrected chi connectivity index (χ1v) is 17.6. The summed E-state index contributed by atoms with van der Waals surface area (Å²) in [4.78, 5) is 17.1. The van der Waals surface area contributed by atoms with Crippen LogP contribution in [0.4, 0.5) is 5.82 Å². The number of aliphatic hydroxyl groups excluding tert-OH is 1. The monoisotopic (exact) mass is 715 g/mol. The summed E-state index contributed by atoms with van der Waals surface area (Å²) in [6, 6.07) is 29.9. The number of aliphatic hydroxyl groups is 1. The second kappa shape index (κ2) is 17.2. The SMILES string of the molecule is COc1ccc(C(OC[C@H]2O[C@@H](n3ccc(NP(=O)(OCCC#N)OCCC#N)nc3=O)C[C@@H]2O)(c2ccccc2)c2ccc(OC)cc2)cc1. The third kappa shape index (κ3) is 8.82. The van der Waals surface area contributed by atoms with Crippen molar-refractivity contribution in [1.82, 2.24) is 9.55 Å². The molecule has 0 saturated carbocycles. The van der Waals surface area contributed by atoms with Crippen LogP contribution in [0.3, 0.4) is 0 Å². The molecule has 0 radical (unpaired) electrons. The zero-order valence-electron chi connectivity index (χ0n) is 28.1. The Kier molecular flexibility index (Phi) is 12.6. The fraction of sp³-hybridized carbons (Fsp3) is 0.333. The molecule has 2 N–H and O–H groups in total. The molecule has 5 rings (SSSR count). The maximum absolute atomic E-state index is 13.2. The lowest BCUT2D eigenvalue weighted by atomic mass is 9.80. The van der Waals surface area contributed by atoms with E-state index in [4.69, 9.17) is 38.5 Å². The van der Waals surface area contributed by atoms with Crippen LogP contribution >= 0.6 is 7.75 Å². The molecule has 3 atom stereocenters. The first-order chi connectivity index (χ1) is 24.7. The second-order valence-electron chi connectivity index (χ2n) is 11.3. The minimum Gasteiger partial charge on any atom is -0.497 e. The highest BCUT2D eigenvalue weighted by atomic mass is 31.2. The van der Waals surface area contributed by atoms with Crippen molar-refractivity contribution in [2.75, 3.05) is 39.1 Å².